The van der Waals surface area contributed by atoms with Crippen molar-refractivity contribution in [3.05, 3.63) is 154 Å². The molecule has 1 aliphatic carbocycles. The van der Waals surface area contributed by atoms with Gasteiger partial charge in [0.1, 0.15) is 0 Å². The quantitative estimate of drug-likeness (QED) is 0.222. The number of fused-ring (bicyclic) bond motifs is 1. The van der Waals surface area contributed by atoms with E-state index in [0.29, 0.717) is 5.92 Å². The summed E-state index contributed by atoms with van der Waals surface area (Å²) in [5.74, 6) is 0.518. The van der Waals surface area contributed by atoms with Crippen LogP contribution in [0.1, 0.15) is 96.4 Å². The van der Waals surface area contributed by atoms with E-state index in [1.807, 2.05) is 0 Å². The van der Waals surface area contributed by atoms with Gasteiger partial charge in [-0.3, -0.25) is 0 Å². The van der Waals surface area contributed by atoms with Gasteiger partial charge in [0.2, 0.25) is 0 Å². The van der Waals surface area contributed by atoms with Gasteiger partial charge >= 0.3 is 0 Å². The number of hydrogen-bond donors (Lipinski definition) is 0. The number of allylic oxidation sites excluding steroid dienone is 10. The van der Waals surface area contributed by atoms with Crippen molar-refractivity contribution in [2.24, 2.45) is 5.92 Å². The summed E-state index contributed by atoms with van der Waals surface area (Å²) in [7, 11) is 0. The summed E-state index contributed by atoms with van der Waals surface area (Å²) in [5, 5.41) is 0. The Hall–Kier alpha value is -3.84. The number of para-hydroxylation sites is 1. The van der Waals surface area contributed by atoms with Crippen molar-refractivity contribution in [1.82, 2.24) is 0 Å². The summed E-state index contributed by atoms with van der Waals surface area (Å²) < 4.78 is 0. The molecule has 1 aliphatic heterocycles. The molecular formula is C44H53N. The van der Waals surface area contributed by atoms with Crippen molar-refractivity contribution in [3.63, 3.8) is 0 Å². The Balaban J connectivity index is 1.62. The van der Waals surface area contributed by atoms with Crippen molar-refractivity contribution in [3.8, 4) is 0 Å². The Morgan fingerprint density at radius 2 is 1.58 bits per heavy atom. The van der Waals surface area contributed by atoms with Crippen molar-refractivity contribution >= 4 is 11.3 Å². The number of nitrogens with zero attached hydrogens (tertiary/aromatic N) is 1. The van der Waals surface area contributed by atoms with Gasteiger partial charge in [0.25, 0.3) is 0 Å². The minimum Gasteiger partial charge on any atom is -0.344 e. The van der Waals surface area contributed by atoms with Gasteiger partial charge in [0.05, 0.1) is 0 Å². The van der Waals surface area contributed by atoms with Gasteiger partial charge in [0.15, 0.2) is 0 Å². The first-order valence-electron chi connectivity index (χ1n) is 17.1. The van der Waals surface area contributed by atoms with Gasteiger partial charge in [-0.1, -0.05) is 145 Å². The van der Waals surface area contributed by atoms with E-state index in [2.05, 4.69) is 170 Å². The molecule has 0 spiro atoms. The SMILES string of the molecule is CCC(C)/C=C(\C=C\C1=C(c2ccccc2)C(=C/C=C2/N(CC)c3ccccc3C2(C)C)/CCC1)C(C)(C)c1ccccc1C. The van der Waals surface area contributed by atoms with E-state index in [0.717, 1.165) is 32.2 Å². The van der Waals surface area contributed by atoms with E-state index in [-0.39, 0.29) is 10.8 Å². The van der Waals surface area contributed by atoms with Crippen LogP contribution in [0, 0.1) is 12.8 Å². The predicted octanol–water partition coefficient (Wildman–Crippen LogP) is 12.1. The van der Waals surface area contributed by atoms with E-state index in [4.69, 9.17) is 0 Å². The third-order valence-electron chi connectivity index (χ3n) is 10.3. The maximum Gasteiger partial charge on any atom is 0.0450 e. The monoisotopic (exact) mass is 595 g/mol. The van der Waals surface area contributed by atoms with Gasteiger partial charge in [-0.05, 0) is 95.7 Å². The highest BCUT2D eigenvalue weighted by atomic mass is 15.2. The summed E-state index contributed by atoms with van der Waals surface area (Å²) >= 11 is 0. The molecule has 1 atom stereocenters. The van der Waals surface area contributed by atoms with Crippen LogP contribution in [0.5, 0.6) is 0 Å². The smallest absolute Gasteiger partial charge is 0.0450 e. The minimum atomic E-state index is -0.0941. The molecule has 3 aromatic carbocycles. The molecule has 0 radical (unpaired) electrons. The highest BCUT2D eigenvalue weighted by molar-refractivity contribution is 5.84. The molecule has 0 saturated carbocycles. The van der Waals surface area contributed by atoms with Crippen LogP contribution < -0.4 is 4.90 Å². The van der Waals surface area contributed by atoms with Gasteiger partial charge < -0.3 is 4.90 Å². The maximum absolute atomic E-state index is 2.51. The summed E-state index contributed by atoms with van der Waals surface area (Å²) in [6.45, 7) is 19.6. The normalized spacial score (nSPS) is 19.6. The zero-order chi connectivity index (χ0) is 32.2. The second-order valence-corrected chi connectivity index (χ2v) is 14.0. The number of anilines is 1. The highest BCUT2D eigenvalue weighted by Gasteiger charge is 2.39. The number of hydrogen-bond acceptors (Lipinski definition) is 1. The Kier molecular flexibility index (Phi) is 9.88. The first kappa shape index (κ1) is 32.6. The van der Waals surface area contributed by atoms with Crippen molar-refractivity contribution < 1.29 is 0 Å². The van der Waals surface area contributed by atoms with Crippen LogP contribution in [0.4, 0.5) is 5.69 Å². The summed E-state index contributed by atoms with van der Waals surface area (Å²) in [6, 6.07) is 28.9. The molecule has 0 saturated heterocycles. The molecule has 0 N–H and O–H groups in total. The van der Waals surface area contributed by atoms with Gasteiger partial charge in [-0.25, -0.2) is 0 Å². The number of aryl methyl sites for hydroxylation is 1. The number of benzene rings is 3. The summed E-state index contributed by atoms with van der Waals surface area (Å²) in [5.41, 5.74) is 13.8. The molecule has 0 amide bonds. The molecule has 234 valence electrons. The fourth-order valence-electron chi connectivity index (χ4n) is 7.41. The fraction of sp³-hybridized carbons (Fsp3) is 0.364. The molecule has 1 heteroatoms. The number of rotatable bonds is 9. The Morgan fingerprint density at radius 3 is 2.29 bits per heavy atom. The zero-order valence-corrected chi connectivity index (χ0v) is 29.0. The van der Waals surface area contributed by atoms with Gasteiger partial charge in [-0.15, -0.1) is 0 Å². The lowest BCUT2D eigenvalue weighted by molar-refractivity contribution is 0.610. The highest BCUT2D eigenvalue weighted by Crippen LogP contribution is 2.48. The first-order valence-corrected chi connectivity index (χ1v) is 17.1. The molecular weight excluding hydrogens is 542 g/mol. The minimum absolute atomic E-state index is 0.0332. The summed E-state index contributed by atoms with van der Waals surface area (Å²) in [4.78, 5) is 2.50. The maximum atomic E-state index is 2.51. The molecule has 1 nitrogen and oxygen atoms in total. The van der Waals surface area contributed by atoms with Crippen LogP contribution in [-0.2, 0) is 10.8 Å². The lowest BCUT2D eigenvalue weighted by Gasteiger charge is -2.30. The lowest BCUT2D eigenvalue weighted by atomic mass is 9.74. The predicted molar refractivity (Wildman–Crippen MR) is 197 cm³/mol. The van der Waals surface area contributed by atoms with Crippen LogP contribution in [-0.4, -0.2) is 6.54 Å². The Bertz CT molecular complexity index is 1650. The average molecular weight is 596 g/mol. The second-order valence-electron chi connectivity index (χ2n) is 14.0. The van der Waals surface area contributed by atoms with E-state index in [1.165, 1.54) is 55.9 Å². The average Bonchev–Trinajstić information content (AvgIpc) is 3.27. The molecule has 2 aliphatic rings. The number of likely N-dealkylation sites (N-methyl/N-ethyl adjacent to an activating group) is 1. The fourth-order valence-corrected chi connectivity index (χ4v) is 7.41. The topological polar surface area (TPSA) is 3.24 Å². The molecule has 0 bridgehead atoms. The van der Waals surface area contributed by atoms with Crippen molar-refractivity contribution in [2.75, 3.05) is 11.4 Å². The molecule has 45 heavy (non-hydrogen) atoms. The van der Waals surface area contributed by atoms with Crippen LogP contribution in [0.25, 0.3) is 5.57 Å². The molecule has 1 unspecified atom stereocenters. The third-order valence-corrected chi connectivity index (χ3v) is 10.3. The molecule has 0 fully saturated rings. The van der Waals surface area contributed by atoms with Crippen LogP contribution in [0.2, 0.25) is 0 Å². The Labute approximate surface area is 273 Å². The largest absolute Gasteiger partial charge is 0.344 e. The first-order chi connectivity index (χ1) is 21.6. The van der Waals surface area contributed by atoms with Crippen molar-refractivity contribution in [2.45, 2.75) is 91.9 Å². The van der Waals surface area contributed by atoms with Gasteiger partial charge in [-0.2, -0.15) is 0 Å². The molecule has 1 heterocycles. The molecule has 3 aromatic rings. The van der Waals surface area contributed by atoms with Crippen LogP contribution >= 0.6 is 0 Å². The van der Waals surface area contributed by atoms with Crippen LogP contribution in [0.3, 0.4) is 0 Å². The Morgan fingerprint density at radius 1 is 0.889 bits per heavy atom. The van der Waals surface area contributed by atoms with E-state index in [1.54, 1.807) is 0 Å². The zero-order valence-electron chi connectivity index (χ0n) is 29.0. The van der Waals surface area contributed by atoms with E-state index < -0.39 is 0 Å². The standard InChI is InChI=1S/C44H53N/c1-9-32(3)31-37(43(5,6)38-24-15-14-19-33(38)4)29-27-35-22-18-23-36(42(35)34-20-12-11-13-21-34)28-30-41-44(7,8)39-25-16-17-26-40(39)45(41)10-2/h11-17,19-21,24-32H,9-10,18,22-23H2,1-8H3/b29-27+,36-28+,37-31+,41-30+. The van der Waals surface area contributed by atoms with Crippen LogP contribution in [0.15, 0.2) is 132 Å². The van der Waals surface area contributed by atoms with E-state index >= 15 is 0 Å². The third kappa shape index (κ3) is 6.60. The van der Waals surface area contributed by atoms with Crippen molar-refractivity contribution in [1.29, 1.82) is 0 Å². The van der Waals surface area contributed by atoms with Gasteiger partial charge in [0, 0.05) is 28.8 Å². The summed E-state index contributed by atoms with van der Waals surface area (Å²) in [6.07, 6.45) is 16.7. The van der Waals surface area contributed by atoms with E-state index in [9.17, 15) is 0 Å². The second kappa shape index (κ2) is 13.7. The molecule has 5 rings (SSSR count). The molecule has 0 aromatic heterocycles. The lowest BCUT2D eigenvalue weighted by Crippen LogP contribution is -2.25.